The van der Waals surface area contributed by atoms with E-state index in [9.17, 15) is 10.1 Å². The minimum Gasteiger partial charge on any atom is -0.493 e. The number of nitro benzene ring substituents is 1. The van der Waals surface area contributed by atoms with Gasteiger partial charge in [-0.3, -0.25) is 10.1 Å². The van der Waals surface area contributed by atoms with E-state index in [2.05, 4.69) is 262 Å². The van der Waals surface area contributed by atoms with Crippen LogP contribution in [0.1, 0.15) is 195 Å². The maximum absolute atomic E-state index is 11.8. The number of nitrogens with zero attached hydrogens (tertiary/aromatic N) is 4. The lowest BCUT2D eigenvalue weighted by molar-refractivity contribution is -0.384. The first kappa shape index (κ1) is 79.5. The zero-order valence-electron chi connectivity index (χ0n) is 66.2. The number of aromatic amines is 2. The zero-order chi connectivity index (χ0) is 75.8. The van der Waals surface area contributed by atoms with Crippen molar-refractivity contribution in [2.24, 2.45) is 21.7 Å². The largest absolute Gasteiger partial charge is 0.493 e. The summed E-state index contributed by atoms with van der Waals surface area (Å²) in [4.78, 5) is 32.7. The van der Waals surface area contributed by atoms with Gasteiger partial charge in [0.25, 0.3) is 5.69 Å². The Bertz CT molecular complexity index is 4380. The number of aromatic nitrogens is 4. The molecular weight excluding hydrogens is 1330 g/mol. The molecule has 7 aromatic rings. The first-order valence-electron chi connectivity index (χ1n) is 37.0. The summed E-state index contributed by atoms with van der Waals surface area (Å²) in [6, 6.07) is 35.3. The quantitative estimate of drug-likeness (QED) is 0.0257. The standard InChI is InChI=1S/C88H114N6O8Si2/c1-83(2,3)43-49-97-67-55-63(56-68(59-67)98-50-44-84(4,5)6)81-77-39-35-73(89-77)71(33-27-61-23-29-65(30-24-61)93(47-53-101-103(19,20)87(13,14)15)48-54-102-104(21,22)88(16,17)18)74-36-40-78(90-74)82(64-57-69(99-51-45-85(7,8)9)60-70(58-64)100-52-46-86(10,11)12)80-42-38-76(92-80)72(75-37-41-79(81)91-75)34-28-62-25-31-66(32-26-62)94(95)96/h23-26,29-32,35-42,55-60,89,92H,43-54H2,1-22H3. The van der Waals surface area contributed by atoms with E-state index in [4.69, 9.17) is 37.8 Å². The van der Waals surface area contributed by atoms with E-state index in [-0.39, 0.29) is 37.4 Å². The Morgan fingerprint density at radius 3 is 1.05 bits per heavy atom. The molecule has 8 bridgehead atoms. The molecule has 0 spiro atoms. The second-order valence-corrected chi connectivity index (χ2v) is 45.2. The van der Waals surface area contributed by atoms with Crippen LogP contribution in [-0.4, -0.2) is 94.2 Å². The predicted octanol–water partition coefficient (Wildman–Crippen LogP) is 22.8. The maximum Gasteiger partial charge on any atom is 0.269 e. The van der Waals surface area contributed by atoms with Crippen molar-refractivity contribution < 1.29 is 32.7 Å². The Labute approximate surface area is 622 Å². The van der Waals surface area contributed by atoms with Crippen molar-refractivity contribution in [2.75, 3.05) is 57.6 Å². The number of ether oxygens (including phenoxy) is 4. The van der Waals surface area contributed by atoms with Gasteiger partial charge in [0, 0.05) is 76.3 Å². The van der Waals surface area contributed by atoms with Crippen LogP contribution < -0.4 is 23.8 Å². The Hall–Kier alpha value is -8.65. The summed E-state index contributed by atoms with van der Waals surface area (Å²) in [5, 5.41) is 12.0. The summed E-state index contributed by atoms with van der Waals surface area (Å²) < 4.78 is 40.2. The number of H-pyrrole nitrogens is 2. The topological polar surface area (TPSA) is 159 Å². The normalized spacial score (nSPS) is 12.9. The van der Waals surface area contributed by atoms with Crippen molar-refractivity contribution >= 4 is 74.4 Å². The van der Waals surface area contributed by atoms with Crippen LogP contribution in [0.4, 0.5) is 11.4 Å². The number of nitrogens with one attached hydrogen (secondary N) is 2. The molecule has 0 atom stereocenters. The molecule has 0 unspecified atom stereocenters. The van der Waals surface area contributed by atoms with E-state index in [1.54, 1.807) is 12.1 Å². The highest BCUT2D eigenvalue weighted by Gasteiger charge is 2.38. The van der Waals surface area contributed by atoms with Gasteiger partial charge >= 0.3 is 0 Å². The molecule has 0 fully saturated rings. The molecule has 0 saturated carbocycles. The number of non-ortho nitro benzene ring substituents is 1. The van der Waals surface area contributed by atoms with Gasteiger partial charge < -0.3 is 42.7 Å². The third-order valence-corrected chi connectivity index (χ3v) is 28.9. The summed E-state index contributed by atoms with van der Waals surface area (Å²) in [5.41, 5.74) is 12.7. The summed E-state index contributed by atoms with van der Waals surface area (Å²) in [5.74, 6) is 16.8. The van der Waals surface area contributed by atoms with Gasteiger partial charge in [0.15, 0.2) is 16.6 Å². The van der Waals surface area contributed by atoms with E-state index in [1.807, 2.05) is 36.4 Å². The van der Waals surface area contributed by atoms with Crippen LogP contribution in [0.2, 0.25) is 36.3 Å². The number of hydrogen-bond acceptors (Lipinski definition) is 11. The summed E-state index contributed by atoms with van der Waals surface area (Å²) in [6.45, 7) is 54.3. The Morgan fingerprint density at radius 1 is 0.413 bits per heavy atom. The van der Waals surface area contributed by atoms with Crippen LogP contribution in [-0.2, 0) is 8.85 Å². The third-order valence-electron chi connectivity index (χ3n) is 19.8. The number of rotatable bonds is 24. The maximum atomic E-state index is 11.8. The first-order chi connectivity index (χ1) is 48.6. The average Bonchev–Trinajstić information content (AvgIpc) is 1.62. The fraction of sp³-hybridized carbons (Fsp3) is 0.455. The van der Waals surface area contributed by atoms with Gasteiger partial charge in [0.2, 0.25) is 0 Å². The zero-order valence-corrected chi connectivity index (χ0v) is 68.2. The molecular formula is C88H114N6O8Si2. The van der Waals surface area contributed by atoms with Crippen LogP contribution >= 0.6 is 0 Å². The van der Waals surface area contributed by atoms with Gasteiger partial charge in [0.05, 0.1) is 89.5 Å². The second-order valence-electron chi connectivity index (χ2n) is 35.6. The molecule has 0 aliphatic carbocycles. The monoisotopic (exact) mass is 1440 g/mol. The van der Waals surface area contributed by atoms with E-state index >= 15 is 0 Å². The lowest BCUT2D eigenvalue weighted by Crippen LogP contribution is -2.44. The van der Waals surface area contributed by atoms with Crippen LogP contribution in [0.3, 0.4) is 0 Å². The molecule has 3 aromatic heterocycles. The van der Waals surface area contributed by atoms with Crippen molar-refractivity contribution in [1.82, 2.24) is 19.9 Å². The van der Waals surface area contributed by atoms with Gasteiger partial charge in [0.1, 0.15) is 23.0 Å². The van der Waals surface area contributed by atoms with Crippen LogP contribution in [0, 0.1) is 55.5 Å². The molecule has 2 aliphatic rings. The summed E-state index contributed by atoms with van der Waals surface area (Å²) in [6.07, 6.45) is 11.5. The molecule has 9 rings (SSSR count). The van der Waals surface area contributed by atoms with E-state index in [0.717, 1.165) is 88.8 Å². The van der Waals surface area contributed by atoms with Gasteiger partial charge in [-0.1, -0.05) is 148 Å². The number of nitro groups is 1. The van der Waals surface area contributed by atoms with Crippen molar-refractivity contribution in [1.29, 1.82) is 0 Å². The Morgan fingerprint density at radius 2 is 0.731 bits per heavy atom. The van der Waals surface area contributed by atoms with Crippen molar-refractivity contribution in [2.45, 2.75) is 187 Å². The number of anilines is 1. The van der Waals surface area contributed by atoms with Crippen molar-refractivity contribution in [3.05, 3.63) is 164 Å². The Kier molecular flexibility index (Phi) is 24.7. The lowest BCUT2D eigenvalue weighted by Gasteiger charge is -2.38. The molecule has 2 aliphatic heterocycles. The highest BCUT2D eigenvalue weighted by molar-refractivity contribution is 6.74. The third kappa shape index (κ3) is 22.2. The highest BCUT2D eigenvalue weighted by atomic mass is 28.4. The number of benzene rings is 4. The molecule has 14 nitrogen and oxygen atoms in total. The van der Waals surface area contributed by atoms with Crippen LogP contribution in [0.15, 0.2) is 109 Å². The highest BCUT2D eigenvalue weighted by Crippen LogP contribution is 2.42. The van der Waals surface area contributed by atoms with Gasteiger partial charge in [-0.05, 0) is 204 Å². The van der Waals surface area contributed by atoms with Gasteiger partial charge in [-0.25, -0.2) is 9.97 Å². The average molecular weight is 1440 g/mol. The van der Waals surface area contributed by atoms with E-state index < -0.39 is 21.6 Å². The second kappa shape index (κ2) is 32.4. The number of fused-ring (bicyclic) bond motifs is 8. The fourth-order valence-electron chi connectivity index (χ4n) is 11.1. The fourth-order valence-corrected chi connectivity index (χ4v) is 13.1. The van der Waals surface area contributed by atoms with Gasteiger partial charge in [-0.2, -0.15) is 0 Å². The predicted molar refractivity (Wildman–Crippen MR) is 438 cm³/mol. The Balaban J connectivity index is 1.31. The molecule has 0 saturated heterocycles. The first-order valence-corrected chi connectivity index (χ1v) is 42.8. The van der Waals surface area contributed by atoms with Gasteiger partial charge in [-0.15, -0.1) is 0 Å². The summed E-state index contributed by atoms with van der Waals surface area (Å²) in [7, 11) is -4.03. The molecule has 0 amide bonds. The molecule has 5 heterocycles. The van der Waals surface area contributed by atoms with Crippen molar-refractivity contribution in [3.8, 4) is 68.9 Å². The lowest BCUT2D eigenvalue weighted by atomic mass is 9.93. The molecule has 552 valence electrons. The van der Waals surface area contributed by atoms with Crippen molar-refractivity contribution in [3.63, 3.8) is 0 Å². The molecule has 104 heavy (non-hydrogen) atoms. The summed E-state index contributed by atoms with van der Waals surface area (Å²) >= 11 is 0. The van der Waals surface area contributed by atoms with Crippen LogP contribution in [0.5, 0.6) is 23.0 Å². The number of hydrogen-bond donors (Lipinski definition) is 2. The molecule has 4 aromatic carbocycles. The van der Waals surface area contributed by atoms with E-state index in [0.29, 0.717) is 108 Å². The minimum atomic E-state index is -2.01. The molecule has 2 N–H and O–H groups in total. The smallest absolute Gasteiger partial charge is 0.269 e. The SMILES string of the molecule is CC(C)(C)CCOc1cc(OCCC(C)(C)C)cc(-c2c3nc(c(C#Cc4ccc([N+](=O)[O-])cc4)c4ccc([nH]4)c(-c4cc(OCCC(C)(C)C)cc(OCCC(C)(C)C)c4)c4nc(c(C#Cc5ccc(N(CCO[Si](C)(C)C(C)(C)C)CCO[Si](C)(C)C(C)(C)C)cc5)c5ccc2[nH]5)C=C4)C=C3)c1. The molecule has 16 heteroatoms. The minimum absolute atomic E-state index is 0.0207. The van der Waals surface area contributed by atoms with E-state index in [1.165, 1.54) is 12.1 Å². The van der Waals surface area contributed by atoms with Crippen LogP contribution in [0.25, 0.3) is 68.6 Å². The molecule has 0 radical (unpaired) electrons.